The fraction of sp³-hybridized carbons (Fsp3) is 0.300. The number of ether oxygens (including phenoxy) is 1. The van der Waals surface area contributed by atoms with Gasteiger partial charge in [-0.2, -0.15) is 0 Å². The van der Waals surface area contributed by atoms with Crippen molar-refractivity contribution < 1.29 is 22.7 Å². The predicted molar refractivity (Wildman–Crippen MR) is 109 cm³/mol. The van der Waals surface area contributed by atoms with E-state index in [1.54, 1.807) is 43.3 Å². The summed E-state index contributed by atoms with van der Waals surface area (Å²) in [5.74, 6) is -0.939. The maximum absolute atomic E-state index is 12.7. The molecule has 0 fully saturated rings. The van der Waals surface area contributed by atoms with E-state index in [0.29, 0.717) is 16.9 Å². The molecule has 0 saturated carbocycles. The smallest absolute Gasteiger partial charge is 0.338 e. The molecule has 0 heterocycles. The second-order valence-electron chi connectivity index (χ2n) is 6.36. The molecule has 7 nitrogen and oxygen atoms in total. The number of nitrogens with one attached hydrogen (secondary N) is 1. The highest BCUT2D eigenvalue weighted by Crippen LogP contribution is 2.22. The number of sulfonamides is 1. The summed E-state index contributed by atoms with van der Waals surface area (Å²) >= 11 is 0. The monoisotopic (exact) mass is 404 g/mol. The minimum atomic E-state index is -3.68. The van der Waals surface area contributed by atoms with Crippen LogP contribution in [0.2, 0.25) is 0 Å². The number of carbonyl (C=O) groups is 2. The predicted octanol–water partition coefficient (Wildman–Crippen LogP) is 2.96. The summed E-state index contributed by atoms with van der Waals surface area (Å²) in [6.07, 6.45) is 1.06. The molecule has 2 aromatic rings. The quantitative estimate of drug-likeness (QED) is 0.716. The molecule has 0 aromatic heterocycles. The summed E-state index contributed by atoms with van der Waals surface area (Å²) in [5.41, 5.74) is 2.21. The number of benzene rings is 2. The lowest BCUT2D eigenvalue weighted by atomic mass is 10.2. The van der Waals surface area contributed by atoms with Crippen LogP contribution >= 0.6 is 0 Å². The van der Waals surface area contributed by atoms with Gasteiger partial charge in [-0.25, -0.2) is 13.2 Å². The largest absolute Gasteiger partial charge is 0.462 e. The van der Waals surface area contributed by atoms with Gasteiger partial charge in [0.1, 0.15) is 6.04 Å². The highest BCUT2D eigenvalue weighted by molar-refractivity contribution is 7.92. The number of rotatable bonds is 7. The zero-order valence-corrected chi connectivity index (χ0v) is 17.1. The molecular formula is C20H24N2O5S. The lowest BCUT2D eigenvalue weighted by Crippen LogP contribution is -2.45. The van der Waals surface area contributed by atoms with Crippen molar-refractivity contribution in [2.75, 3.05) is 22.5 Å². The Labute approximate surface area is 165 Å². The van der Waals surface area contributed by atoms with Gasteiger partial charge in [-0.1, -0.05) is 17.7 Å². The number of esters is 1. The van der Waals surface area contributed by atoms with Crippen molar-refractivity contribution in [1.29, 1.82) is 0 Å². The zero-order chi connectivity index (χ0) is 20.9. The second kappa shape index (κ2) is 8.88. The van der Waals surface area contributed by atoms with E-state index in [1.807, 2.05) is 6.92 Å². The van der Waals surface area contributed by atoms with Gasteiger partial charge < -0.3 is 10.1 Å². The van der Waals surface area contributed by atoms with Crippen molar-refractivity contribution in [2.24, 2.45) is 0 Å². The highest BCUT2D eigenvalue weighted by Gasteiger charge is 2.29. The van der Waals surface area contributed by atoms with Crippen LogP contribution in [0, 0.1) is 6.92 Å². The Morgan fingerprint density at radius 2 is 1.64 bits per heavy atom. The standard InChI is InChI=1S/C20H24N2O5S/c1-5-27-20(24)16-8-10-17(11-9-16)21-19(23)15(3)22(28(4,25)26)18-12-6-14(2)7-13-18/h6-13,15H,5H2,1-4H3,(H,21,23). The molecule has 1 unspecified atom stereocenters. The summed E-state index contributed by atoms with van der Waals surface area (Å²) in [6, 6.07) is 12.1. The lowest BCUT2D eigenvalue weighted by molar-refractivity contribution is -0.116. The van der Waals surface area contributed by atoms with E-state index in [1.165, 1.54) is 19.1 Å². The van der Waals surface area contributed by atoms with Crippen molar-refractivity contribution in [2.45, 2.75) is 26.8 Å². The Morgan fingerprint density at radius 1 is 1.07 bits per heavy atom. The van der Waals surface area contributed by atoms with Crippen LogP contribution in [0.3, 0.4) is 0 Å². The fourth-order valence-corrected chi connectivity index (χ4v) is 3.83. The third kappa shape index (κ3) is 5.32. The van der Waals surface area contributed by atoms with E-state index in [4.69, 9.17) is 4.74 Å². The van der Waals surface area contributed by atoms with E-state index < -0.39 is 27.9 Å². The average Bonchev–Trinajstić information content (AvgIpc) is 2.63. The van der Waals surface area contributed by atoms with Gasteiger partial charge in [-0.05, 0) is 57.2 Å². The number of nitrogens with zero attached hydrogens (tertiary/aromatic N) is 1. The zero-order valence-electron chi connectivity index (χ0n) is 16.3. The van der Waals surface area contributed by atoms with E-state index in [0.717, 1.165) is 16.1 Å². The fourth-order valence-electron chi connectivity index (χ4n) is 2.65. The number of carbonyl (C=O) groups excluding carboxylic acids is 2. The molecule has 0 saturated heterocycles. The number of amides is 1. The maximum atomic E-state index is 12.7. The number of aryl methyl sites for hydroxylation is 1. The third-order valence-electron chi connectivity index (χ3n) is 4.04. The number of anilines is 2. The normalized spacial score (nSPS) is 12.1. The van der Waals surface area contributed by atoms with Gasteiger partial charge in [0.2, 0.25) is 15.9 Å². The first-order chi connectivity index (χ1) is 13.1. The molecule has 2 aromatic carbocycles. The van der Waals surface area contributed by atoms with E-state index in [9.17, 15) is 18.0 Å². The molecule has 1 atom stereocenters. The van der Waals surface area contributed by atoms with E-state index in [2.05, 4.69) is 5.32 Å². The van der Waals surface area contributed by atoms with Crippen LogP contribution in [-0.4, -0.2) is 39.2 Å². The van der Waals surface area contributed by atoms with Crippen LogP contribution < -0.4 is 9.62 Å². The maximum Gasteiger partial charge on any atom is 0.338 e. The Morgan fingerprint density at radius 3 is 2.14 bits per heavy atom. The average molecular weight is 404 g/mol. The Bertz CT molecular complexity index is 938. The van der Waals surface area contributed by atoms with Gasteiger partial charge in [-0.3, -0.25) is 9.10 Å². The first-order valence-corrected chi connectivity index (χ1v) is 10.6. The molecule has 150 valence electrons. The molecule has 0 aliphatic heterocycles. The van der Waals surface area contributed by atoms with Gasteiger partial charge in [0.25, 0.3) is 0 Å². The van der Waals surface area contributed by atoms with Crippen molar-refractivity contribution in [3.63, 3.8) is 0 Å². The summed E-state index contributed by atoms with van der Waals surface area (Å²) in [6.45, 7) is 5.40. The first kappa shape index (κ1) is 21.4. The van der Waals surface area contributed by atoms with Crippen LogP contribution in [0.25, 0.3) is 0 Å². The molecule has 0 radical (unpaired) electrons. The van der Waals surface area contributed by atoms with Crippen LogP contribution in [0.4, 0.5) is 11.4 Å². The summed E-state index contributed by atoms with van der Waals surface area (Å²) in [7, 11) is -3.68. The topological polar surface area (TPSA) is 92.8 Å². The van der Waals surface area contributed by atoms with Gasteiger partial charge in [0.15, 0.2) is 0 Å². The van der Waals surface area contributed by atoms with Crippen LogP contribution in [-0.2, 0) is 19.6 Å². The Hall–Kier alpha value is -2.87. The minimum Gasteiger partial charge on any atom is -0.462 e. The van der Waals surface area contributed by atoms with E-state index >= 15 is 0 Å². The van der Waals surface area contributed by atoms with Crippen molar-refractivity contribution in [3.8, 4) is 0 Å². The highest BCUT2D eigenvalue weighted by atomic mass is 32.2. The summed E-state index contributed by atoms with van der Waals surface area (Å²) in [4.78, 5) is 24.3. The Balaban J connectivity index is 2.19. The summed E-state index contributed by atoms with van der Waals surface area (Å²) in [5, 5.41) is 2.68. The molecule has 8 heteroatoms. The molecule has 0 aliphatic carbocycles. The Kier molecular flexibility index (Phi) is 6.80. The van der Waals surface area contributed by atoms with Crippen LogP contribution in [0.5, 0.6) is 0 Å². The molecule has 0 aliphatic rings. The van der Waals surface area contributed by atoms with Crippen molar-refractivity contribution in [1.82, 2.24) is 0 Å². The molecular weight excluding hydrogens is 380 g/mol. The second-order valence-corrected chi connectivity index (χ2v) is 8.22. The number of hydrogen-bond donors (Lipinski definition) is 1. The SMILES string of the molecule is CCOC(=O)c1ccc(NC(=O)C(C)N(c2ccc(C)cc2)S(C)(=O)=O)cc1. The molecule has 1 amide bonds. The lowest BCUT2D eigenvalue weighted by Gasteiger charge is -2.28. The van der Waals surface area contributed by atoms with Crippen LogP contribution in [0.1, 0.15) is 29.8 Å². The molecule has 0 bridgehead atoms. The summed E-state index contributed by atoms with van der Waals surface area (Å²) < 4.78 is 30.6. The van der Waals surface area contributed by atoms with Crippen molar-refractivity contribution in [3.05, 3.63) is 59.7 Å². The van der Waals surface area contributed by atoms with Crippen molar-refractivity contribution >= 4 is 33.3 Å². The molecule has 1 N–H and O–H groups in total. The molecule has 0 spiro atoms. The van der Waals surface area contributed by atoms with Gasteiger partial charge in [0.05, 0.1) is 24.1 Å². The number of hydrogen-bond acceptors (Lipinski definition) is 5. The minimum absolute atomic E-state index is 0.273. The molecule has 28 heavy (non-hydrogen) atoms. The van der Waals surface area contributed by atoms with Gasteiger partial charge in [0, 0.05) is 5.69 Å². The third-order valence-corrected chi connectivity index (χ3v) is 5.28. The first-order valence-electron chi connectivity index (χ1n) is 8.77. The molecule has 2 rings (SSSR count). The van der Waals surface area contributed by atoms with Gasteiger partial charge in [-0.15, -0.1) is 0 Å². The van der Waals surface area contributed by atoms with Crippen LogP contribution in [0.15, 0.2) is 48.5 Å². The van der Waals surface area contributed by atoms with E-state index in [-0.39, 0.29) is 6.61 Å². The van der Waals surface area contributed by atoms with Gasteiger partial charge >= 0.3 is 5.97 Å².